The Morgan fingerprint density at radius 2 is 0.730 bits per heavy atom. The molecule has 7 heterocycles. The fourth-order valence-electron chi connectivity index (χ4n) is 12.1. The number of H-pyrrole nitrogens is 1. The molecule has 15 N–H and O–H groups in total. The van der Waals surface area contributed by atoms with Crippen LogP contribution in [-0.4, -0.2) is 99.5 Å². The van der Waals surface area contributed by atoms with Gasteiger partial charge in [0.25, 0.3) is 0 Å². The van der Waals surface area contributed by atoms with Crippen molar-refractivity contribution in [3.63, 3.8) is 0 Å². The molecule has 0 saturated carbocycles. The zero-order valence-corrected chi connectivity index (χ0v) is 71.9. The van der Waals surface area contributed by atoms with Crippen LogP contribution in [0.25, 0.3) is 76.6 Å². The molecule has 0 amide bonds. The third-order valence-electron chi connectivity index (χ3n) is 16.8. The number of hydrogen-bond acceptors (Lipinski definition) is 20. The molecule has 0 aliphatic carbocycles. The van der Waals surface area contributed by atoms with Crippen LogP contribution in [0.4, 0.5) is 0 Å². The minimum Gasteiger partial charge on any atom is -0.325 e. The number of rotatable bonds is 21. The Balaban J connectivity index is 0.000000168. The van der Waals surface area contributed by atoms with Crippen LogP contribution in [0.2, 0.25) is 0 Å². The first kappa shape index (κ1) is 90.2. The molecule has 0 radical (unpaired) electrons. The fourth-order valence-corrected chi connectivity index (χ4v) is 14.1. The summed E-state index contributed by atoms with van der Waals surface area (Å²) >= 11 is 5.09. The minimum absolute atomic E-state index is 0.134. The number of aromatic nitrogens is 12. The maximum atomic E-state index is 6.01. The average Bonchev–Trinajstić information content (AvgIpc) is 1.72. The lowest BCUT2D eigenvalue weighted by Gasteiger charge is -2.18. The summed E-state index contributed by atoms with van der Waals surface area (Å²) in [6, 6.07) is 73.0. The highest BCUT2D eigenvalue weighted by Crippen LogP contribution is 2.29. The number of hydrogen-bond donors (Lipinski definition) is 8. The molecule has 14 rings (SSSR count). The Morgan fingerprint density at radius 3 is 1.06 bits per heavy atom. The number of benzene rings is 7. The van der Waals surface area contributed by atoms with Crippen molar-refractivity contribution in [3.05, 3.63) is 299 Å². The van der Waals surface area contributed by atoms with Gasteiger partial charge in [0, 0.05) is 102 Å². The van der Waals surface area contributed by atoms with Crippen molar-refractivity contribution in [3.8, 4) is 76.6 Å². The molecule has 602 valence electrons. The van der Waals surface area contributed by atoms with Crippen molar-refractivity contribution in [1.82, 2.24) is 60.8 Å². The molecule has 7 aromatic heterocycles. The maximum absolute atomic E-state index is 6.01. The van der Waals surface area contributed by atoms with E-state index in [0.29, 0.717) is 11.6 Å². The van der Waals surface area contributed by atoms with Crippen LogP contribution < -0.4 is 40.1 Å². The Hall–Kier alpha value is -10.3. The Kier molecular flexibility index (Phi) is 32.8. The fraction of sp³-hybridized carbons (Fsp3) is 0.312. The normalized spacial score (nSPS) is 11.6. The van der Waals surface area contributed by atoms with Gasteiger partial charge in [0.05, 0.1) is 23.1 Å². The van der Waals surface area contributed by atoms with Gasteiger partial charge in [0.1, 0.15) is 5.01 Å². The second kappa shape index (κ2) is 41.8. The van der Waals surface area contributed by atoms with E-state index in [1.54, 1.807) is 47.3 Å². The third kappa shape index (κ3) is 34.7. The quantitative estimate of drug-likeness (QED) is 0.0331. The monoisotopic (exact) mass is 1600 g/mol. The molecular weight excluding hydrogens is 1480 g/mol. The van der Waals surface area contributed by atoms with Gasteiger partial charge in [-0.25, -0.2) is 4.98 Å². The number of aryl methyl sites for hydroxylation is 1. The van der Waals surface area contributed by atoms with E-state index in [-0.39, 0.29) is 38.8 Å². The molecule has 19 nitrogen and oxygen atoms in total. The molecule has 0 aliphatic rings. The van der Waals surface area contributed by atoms with Crippen molar-refractivity contribution < 1.29 is 0 Å². The van der Waals surface area contributed by atoms with Gasteiger partial charge in [0.2, 0.25) is 11.6 Å². The van der Waals surface area contributed by atoms with Gasteiger partial charge in [0.15, 0.2) is 0 Å². The van der Waals surface area contributed by atoms with Crippen molar-refractivity contribution in [2.24, 2.45) is 47.2 Å². The minimum atomic E-state index is -0.188. The molecule has 0 bridgehead atoms. The number of nitrogens with zero attached hydrogens (tertiary/aromatic N) is 11. The molecule has 0 unspecified atom stereocenters. The Labute approximate surface area is 693 Å². The summed E-state index contributed by atoms with van der Waals surface area (Å²) in [5, 5.41) is 30.9. The van der Waals surface area contributed by atoms with E-state index in [4.69, 9.17) is 40.1 Å². The van der Waals surface area contributed by atoms with Gasteiger partial charge in [-0.2, -0.15) is 10.0 Å². The topological polar surface area (TPSA) is 332 Å². The second-order valence-electron chi connectivity index (χ2n) is 34.0. The lowest BCUT2D eigenvalue weighted by Crippen LogP contribution is -2.34. The van der Waals surface area contributed by atoms with Gasteiger partial charge in [-0.15, -0.1) is 54.4 Å². The summed E-state index contributed by atoms with van der Waals surface area (Å²) in [7, 11) is 1.75. The van der Waals surface area contributed by atoms with Crippen LogP contribution >= 0.6 is 34.0 Å². The Bertz CT molecular complexity index is 4540. The van der Waals surface area contributed by atoms with Crippen LogP contribution in [-0.2, 0) is 52.0 Å². The Morgan fingerprint density at radius 1 is 0.322 bits per heavy atom. The predicted molar refractivity (Wildman–Crippen MR) is 482 cm³/mol. The van der Waals surface area contributed by atoms with E-state index in [2.05, 4.69) is 227 Å². The predicted octanol–water partition coefficient (Wildman–Crippen LogP) is 18.2. The molecule has 14 aromatic rings. The SMILES string of the molecule is CC(C)(N)Cc1ccc(-c2ccccn2)cc1.CC(C)(N)Cc1ccc(-c2cccnc2)cc1.CC(C)(N)Cc1ccc(-c2cccs2)cc1.CC(C)(N)Cc1ccc(-c2cncs2)cc1.CC(C)(N)Cc1ccc(-c2nccs2)cc1.CC(C)(N)Cc1ccc(-c2nn[nH]n2)cc1.Cn1nnc(-c2ccc(CC(C)(C)N)cc2)n1. The lowest BCUT2D eigenvalue weighted by atomic mass is 9.95. The van der Waals surface area contributed by atoms with Crippen LogP contribution in [0.3, 0.4) is 0 Å². The van der Waals surface area contributed by atoms with Gasteiger partial charge in [-0.05, 0) is 243 Å². The number of aromatic amines is 1. The molecule has 0 spiro atoms. The van der Waals surface area contributed by atoms with Gasteiger partial charge in [-0.1, -0.05) is 188 Å². The highest BCUT2D eigenvalue weighted by molar-refractivity contribution is 7.13. The summed E-state index contributed by atoms with van der Waals surface area (Å²) in [4.78, 5) is 20.8. The number of thiazole rings is 2. The standard InChI is InChI=1S/2C15H18N2.C14H17NS.2C13H16N2S.C12H17N5.C11H15N5/c1-15(2,16)10-12-5-7-13(8-6-12)14-4-3-9-17-11-14;1-15(2,16)11-12-6-8-13(9-7-12)14-5-3-4-10-17-14;1-14(2,15)10-11-5-7-12(8-6-11)13-4-3-9-16-13;1-13(2,14)7-10-3-5-11(6-4-10)12-8-15-9-16-12;1-13(2,14)9-10-3-5-11(6-4-10)12-15-7-8-16-12;1-12(2,13)8-9-4-6-10(7-5-9)11-14-16-17(3)15-11;1-11(2,12)7-8-3-5-9(6-4-8)10-13-15-16-14-10/h3-9,11H,10,16H2,1-2H3;3-10H,11,16H2,1-2H3;3-9H,10,15H2,1-2H3;3-6,8-9H,7,14H2,1-2H3;3-8H,9,14H2,1-2H3;4-7H,8,13H2,1-3H3;3-6H,7,12H2,1-2H3,(H,13,14,15,16). The molecular formula is C93H117N19S3. The molecule has 0 fully saturated rings. The van der Waals surface area contributed by atoms with Crippen LogP contribution in [0.15, 0.2) is 260 Å². The molecule has 7 aromatic carbocycles. The first-order valence-corrected chi connectivity index (χ1v) is 41.1. The number of pyridine rings is 2. The van der Waals surface area contributed by atoms with E-state index >= 15 is 0 Å². The van der Waals surface area contributed by atoms with Crippen LogP contribution in [0, 0.1) is 0 Å². The van der Waals surface area contributed by atoms with E-state index in [1.165, 1.54) is 75.7 Å². The smallest absolute Gasteiger partial charge is 0.204 e. The van der Waals surface area contributed by atoms with Crippen LogP contribution in [0.1, 0.15) is 136 Å². The third-order valence-corrected chi connectivity index (χ3v) is 19.4. The maximum Gasteiger partial charge on any atom is 0.204 e. The van der Waals surface area contributed by atoms with Crippen molar-refractivity contribution in [1.29, 1.82) is 0 Å². The molecule has 0 aliphatic heterocycles. The number of tetrazole rings is 2. The lowest BCUT2D eigenvalue weighted by molar-refractivity contribution is 0.516. The summed E-state index contributed by atoms with van der Waals surface area (Å²) in [6.45, 7) is 28.5. The van der Waals surface area contributed by atoms with Gasteiger partial charge < -0.3 is 40.1 Å². The second-order valence-corrected chi connectivity index (χ2v) is 36.7. The summed E-state index contributed by atoms with van der Waals surface area (Å²) in [5.41, 5.74) is 61.6. The summed E-state index contributed by atoms with van der Waals surface area (Å²) in [5.74, 6) is 1.25. The number of nitrogens with one attached hydrogen (secondary N) is 1. The first-order valence-electron chi connectivity index (χ1n) is 38.5. The molecule has 0 atom stereocenters. The number of nitrogens with two attached hydrogens (primary N) is 7. The molecule has 0 saturated heterocycles. The highest BCUT2D eigenvalue weighted by atomic mass is 32.1. The highest BCUT2D eigenvalue weighted by Gasteiger charge is 2.18. The molecule has 22 heteroatoms. The average molecular weight is 1600 g/mol. The summed E-state index contributed by atoms with van der Waals surface area (Å²) < 4.78 is 0. The zero-order chi connectivity index (χ0) is 83.5. The van der Waals surface area contributed by atoms with Gasteiger partial charge >= 0.3 is 0 Å². The van der Waals surface area contributed by atoms with Gasteiger partial charge in [-0.3, -0.25) is 15.0 Å². The largest absolute Gasteiger partial charge is 0.325 e. The van der Waals surface area contributed by atoms with Crippen molar-refractivity contribution in [2.75, 3.05) is 0 Å². The first-order chi connectivity index (χ1) is 54.2. The van der Waals surface area contributed by atoms with Crippen molar-refractivity contribution in [2.45, 2.75) is 181 Å². The summed E-state index contributed by atoms with van der Waals surface area (Å²) in [6.07, 6.45) is 15.4. The van der Waals surface area contributed by atoms with E-state index < -0.39 is 0 Å². The van der Waals surface area contributed by atoms with E-state index in [0.717, 1.165) is 77.9 Å². The van der Waals surface area contributed by atoms with E-state index in [1.807, 2.05) is 179 Å². The molecule has 115 heavy (non-hydrogen) atoms. The zero-order valence-electron chi connectivity index (χ0n) is 69.5. The van der Waals surface area contributed by atoms with Crippen molar-refractivity contribution >= 4 is 34.0 Å². The van der Waals surface area contributed by atoms with E-state index in [9.17, 15) is 0 Å². The van der Waals surface area contributed by atoms with Crippen LogP contribution in [0.5, 0.6) is 0 Å². The number of thiophene rings is 1.